The molecule has 1 aliphatic heterocycles. The van der Waals surface area contributed by atoms with Crippen LogP contribution in [0.5, 0.6) is 11.5 Å². The van der Waals surface area contributed by atoms with Gasteiger partial charge in [0.05, 0.1) is 14.2 Å². The van der Waals surface area contributed by atoms with Crippen LogP contribution in [0.1, 0.15) is 30.7 Å². The lowest BCUT2D eigenvalue weighted by Crippen LogP contribution is -2.49. The molecule has 2 fully saturated rings. The molecule has 6 heteroatoms. The first-order chi connectivity index (χ1) is 15.2. The Morgan fingerprint density at radius 3 is 2.32 bits per heavy atom. The molecule has 2 aliphatic rings. The Hall–Kier alpha value is -2.89. The largest absolute Gasteiger partial charge is 0.497 e. The van der Waals surface area contributed by atoms with Crippen molar-refractivity contribution >= 4 is 11.6 Å². The van der Waals surface area contributed by atoms with Gasteiger partial charge in [0.25, 0.3) is 0 Å². The second-order valence-electron chi connectivity index (χ2n) is 8.44. The quantitative estimate of drug-likeness (QED) is 0.527. The molecule has 2 atom stereocenters. The first-order valence-corrected chi connectivity index (χ1v) is 11.2. The Labute approximate surface area is 185 Å². The summed E-state index contributed by atoms with van der Waals surface area (Å²) >= 11 is 0. The van der Waals surface area contributed by atoms with Crippen LogP contribution in [0.3, 0.4) is 0 Å². The molecular weight excluding hydrogens is 388 g/mol. The predicted octanol–water partition coefficient (Wildman–Crippen LogP) is 3.64. The number of hydrogen-bond donors (Lipinski definition) is 2. The smallest absolute Gasteiger partial charge is 0.191 e. The molecule has 1 saturated carbocycles. The van der Waals surface area contributed by atoms with Crippen molar-refractivity contribution in [2.75, 3.05) is 45.8 Å². The summed E-state index contributed by atoms with van der Waals surface area (Å²) in [6, 6.07) is 17.3. The number of ether oxygens (including phenoxy) is 2. The number of piperidine rings is 1. The van der Waals surface area contributed by atoms with Gasteiger partial charge >= 0.3 is 0 Å². The van der Waals surface area contributed by atoms with Crippen molar-refractivity contribution in [2.24, 2.45) is 10.9 Å². The lowest BCUT2D eigenvalue weighted by Gasteiger charge is -2.34. The van der Waals surface area contributed by atoms with Crippen LogP contribution in [0.15, 0.2) is 53.5 Å². The number of hydrogen-bond acceptors (Lipinski definition) is 4. The second kappa shape index (κ2) is 9.94. The minimum absolute atomic E-state index is 0.430. The summed E-state index contributed by atoms with van der Waals surface area (Å²) in [5, 5.41) is 7.17. The van der Waals surface area contributed by atoms with Crippen molar-refractivity contribution in [3.8, 4) is 11.5 Å². The summed E-state index contributed by atoms with van der Waals surface area (Å²) in [5.74, 6) is 3.96. The fourth-order valence-electron chi connectivity index (χ4n) is 4.45. The molecular formula is C25H34N4O2. The SMILES string of the molecule is CN=C(NCC1CC1c1ccccc1)NC1CCN(c2cc(OC)cc(OC)c2)CC1. The predicted molar refractivity (Wildman–Crippen MR) is 127 cm³/mol. The molecule has 0 spiro atoms. The van der Waals surface area contributed by atoms with E-state index in [0.717, 1.165) is 55.6 Å². The highest BCUT2D eigenvalue weighted by Gasteiger charge is 2.38. The maximum absolute atomic E-state index is 5.42. The van der Waals surface area contributed by atoms with Crippen molar-refractivity contribution in [2.45, 2.75) is 31.2 Å². The Balaban J connectivity index is 1.24. The van der Waals surface area contributed by atoms with Gasteiger partial charge in [0, 0.05) is 56.6 Å². The standard InChI is InChI=1S/C25H34N4O2/c1-26-25(27-17-19-13-24(19)18-7-5-4-6-8-18)28-20-9-11-29(12-10-20)21-14-22(30-2)16-23(15-21)31-3/h4-8,14-16,19-20,24H,9-13,17H2,1-3H3,(H2,26,27,28). The van der Waals surface area contributed by atoms with Gasteiger partial charge in [-0.15, -0.1) is 0 Å². The van der Waals surface area contributed by atoms with Crippen molar-refractivity contribution in [3.63, 3.8) is 0 Å². The normalized spacial score (nSPS) is 21.5. The molecule has 4 rings (SSSR count). The number of nitrogens with zero attached hydrogens (tertiary/aromatic N) is 2. The van der Waals surface area contributed by atoms with Gasteiger partial charge in [0.2, 0.25) is 0 Å². The molecule has 0 radical (unpaired) electrons. The lowest BCUT2D eigenvalue weighted by molar-refractivity contribution is 0.393. The highest BCUT2D eigenvalue weighted by Crippen LogP contribution is 2.46. The van der Waals surface area contributed by atoms with E-state index < -0.39 is 0 Å². The van der Waals surface area contributed by atoms with Gasteiger partial charge in [-0.2, -0.15) is 0 Å². The summed E-state index contributed by atoms with van der Waals surface area (Å²) in [5.41, 5.74) is 2.61. The molecule has 2 aromatic carbocycles. The maximum atomic E-state index is 5.42. The molecule has 2 unspecified atom stereocenters. The first kappa shape index (κ1) is 21.3. The molecule has 0 aromatic heterocycles. The van der Waals surface area contributed by atoms with Crippen LogP contribution in [0, 0.1) is 5.92 Å². The van der Waals surface area contributed by atoms with Gasteiger partial charge < -0.3 is 25.0 Å². The van der Waals surface area contributed by atoms with E-state index in [4.69, 9.17) is 9.47 Å². The number of methoxy groups -OCH3 is 2. The van der Waals surface area contributed by atoms with Crippen molar-refractivity contribution in [1.29, 1.82) is 0 Å². The fourth-order valence-corrected chi connectivity index (χ4v) is 4.45. The third-order valence-electron chi connectivity index (χ3n) is 6.44. The molecule has 2 aromatic rings. The molecule has 31 heavy (non-hydrogen) atoms. The molecule has 1 aliphatic carbocycles. The summed E-state index contributed by atoms with van der Waals surface area (Å²) < 4.78 is 10.8. The number of guanidine groups is 1. The molecule has 166 valence electrons. The second-order valence-corrected chi connectivity index (χ2v) is 8.44. The first-order valence-electron chi connectivity index (χ1n) is 11.2. The van der Waals surface area contributed by atoms with Crippen LogP contribution < -0.4 is 25.0 Å². The van der Waals surface area contributed by atoms with E-state index in [9.17, 15) is 0 Å². The zero-order valence-corrected chi connectivity index (χ0v) is 18.8. The van der Waals surface area contributed by atoms with E-state index >= 15 is 0 Å². The monoisotopic (exact) mass is 422 g/mol. The van der Waals surface area contributed by atoms with Gasteiger partial charge in [0.15, 0.2) is 5.96 Å². The summed E-state index contributed by atoms with van der Waals surface area (Å²) in [6.07, 6.45) is 3.39. The van der Waals surface area contributed by atoms with Crippen LogP contribution >= 0.6 is 0 Å². The van der Waals surface area contributed by atoms with Crippen molar-refractivity contribution < 1.29 is 9.47 Å². The molecule has 0 amide bonds. The van der Waals surface area contributed by atoms with Gasteiger partial charge in [-0.25, -0.2) is 0 Å². The number of nitrogens with one attached hydrogen (secondary N) is 2. The number of aliphatic imine (C=N–C) groups is 1. The Morgan fingerprint density at radius 2 is 1.71 bits per heavy atom. The van der Waals surface area contributed by atoms with E-state index in [1.54, 1.807) is 14.2 Å². The molecule has 1 saturated heterocycles. The van der Waals surface area contributed by atoms with Gasteiger partial charge in [-0.1, -0.05) is 30.3 Å². The number of benzene rings is 2. The van der Waals surface area contributed by atoms with E-state index in [1.165, 1.54) is 12.0 Å². The Morgan fingerprint density at radius 1 is 1.03 bits per heavy atom. The Kier molecular flexibility index (Phi) is 6.85. The van der Waals surface area contributed by atoms with Crippen molar-refractivity contribution in [1.82, 2.24) is 10.6 Å². The summed E-state index contributed by atoms with van der Waals surface area (Å²) in [4.78, 5) is 6.85. The van der Waals surface area contributed by atoms with Crippen molar-refractivity contribution in [3.05, 3.63) is 54.1 Å². The third kappa shape index (κ3) is 5.43. The number of rotatable bonds is 7. The topological polar surface area (TPSA) is 58.1 Å². The van der Waals surface area contributed by atoms with Gasteiger partial charge in [0.1, 0.15) is 11.5 Å². The van der Waals surface area contributed by atoms with Crippen LogP contribution in [-0.4, -0.2) is 52.9 Å². The maximum Gasteiger partial charge on any atom is 0.191 e. The molecule has 0 bridgehead atoms. The van der Waals surface area contributed by atoms with Gasteiger partial charge in [-0.3, -0.25) is 4.99 Å². The van der Waals surface area contributed by atoms with E-state index in [0.29, 0.717) is 17.9 Å². The zero-order chi connectivity index (χ0) is 21.6. The van der Waals surface area contributed by atoms with Crippen LogP contribution in [0.4, 0.5) is 5.69 Å². The minimum atomic E-state index is 0.430. The van der Waals surface area contributed by atoms with Crippen LogP contribution in [-0.2, 0) is 0 Å². The van der Waals surface area contributed by atoms with Crippen LogP contribution in [0.25, 0.3) is 0 Å². The summed E-state index contributed by atoms with van der Waals surface area (Å²) in [7, 11) is 5.24. The van der Waals surface area contributed by atoms with Gasteiger partial charge in [-0.05, 0) is 36.7 Å². The average molecular weight is 423 g/mol. The highest BCUT2D eigenvalue weighted by atomic mass is 16.5. The van der Waals surface area contributed by atoms with E-state index in [2.05, 4.69) is 63.0 Å². The Bertz CT molecular complexity index is 856. The van der Waals surface area contributed by atoms with Crippen LogP contribution in [0.2, 0.25) is 0 Å². The lowest BCUT2D eigenvalue weighted by atomic mass is 10.0. The van der Waals surface area contributed by atoms with E-state index in [1.807, 2.05) is 13.1 Å². The third-order valence-corrected chi connectivity index (χ3v) is 6.44. The molecule has 2 N–H and O–H groups in total. The minimum Gasteiger partial charge on any atom is -0.497 e. The number of anilines is 1. The summed E-state index contributed by atoms with van der Waals surface area (Å²) in [6.45, 7) is 2.95. The highest BCUT2D eigenvalue weighted by molar-refractivity contribution is 5.80. The fraction of sp³-hybridized carbons (Fsp3) is 0.480. The van der Waals surface area contributed by atoms with E-state index in [-0.39, 0.29) is 0 Å². The zero-order valence-electron chi connectivity index (χ0n) is 18.8. The molecule has 1 heterocycles. The average Bonchev–Trinajstić information content (AvgIpc) is 3.62. The molecule has 6 nitrogen and oxygen atoms in total.